The van der Waals surface area contributed by atoms with Gasteiger partial charge in [0.1, 0.15) is 12.4 Å². The molecule has 2 nitrogen and oxygen atoms in total. The highest BCUT2D eigenvalue weighted by molar-refractivity contribution is 9.10. The summed E-state index contributed by atoms with van der Waals surface area (Å²) in [6.45, 7) is 4.45. The molecule has 2 rings (SSSR count). The van der Waals surface area contributed by atoms with Gasteiger partial charge in [-0.15, -0.1) is 0 Å². The Morgan fingerprint density at radius 2 is 1.95 bits per heavy atom. The van der Waals surface area contributed by atoms with Gasteiger partial charge in [-0.2, -0.15) is 0 Å². The summed E-state index contributed by atoms with van der Waals surface area (Å²) >= 11 is 9.52. The SMILES string of the molecule is CCNCc1cccc(COc2cc(Br)ccc2Cl)c1. The third-order valence-corrected chi connectivity index (χ3v) is 3.66. The van der Waals surface area contributed by atoms with Crippen molar-refractivity contribution in [1.29, 1.82) is 0 Å². The Morgan fingerprint density at radius 1 is 1.15 bits per heavy atom. The lowest BCUT2D eigenvalue weighted by Crippen LogP contribution is -2.11. The van der Waals surface area contributed by atoms with Gasteiger partial charge in [0.05, 0.1) is 5.02 Å². The van der Waals surface area contributed by atoms with Gasteiger partial charge >= 0.3 is 0 Å². The van der Waals surface area contributed by atoms with E-state index in [0.29, 0.717) is 17.4 Å². The van der Waals surface area contributed by atoms with Crippen molar-refractivity contribution >= 4 is 27.5 Å². The lowest BCUT2D eigenvalue weighted by Gasteiger charge is -2.10. The molecule has 1 N–H and O–H groups in total. The van der Waals surface area contributed by atoms with Crippen LogP contribution in [0.25, 0.3) is 0 Å². The Hall–Kier alpha value is -1.03. The van der Waals surface area contributed by atoms with E-state index in [-0.39, 0.29) is 0 Å². The molecule has 0 aliphatic heterocycles. The van der Waals surface area contributed by atoms with Crippen LogP contribution in [0.5, 0.6) is 5.75 Å². The summed E-state index contributed by atoms with van der Waals surface area (Å²) in [5, 5.41) is 3.94. The van der Waals surface area contributed by atoms with E-state index in [2.05, 4.69) is 46.4 Å². The zero-order chi connectivity index (χ0) is 14.4. The van der Waals surface area contributed by atoms with E-state index in [9.17, 15) is 0 Å². The molecule has 0 spiro atoms. The average molecular weight is 355 g/mol. The van der Waals surface area contributed by atoms with E-state index in [0.717, 1.165) is 23.1 Å². The van der Waals surface area contributed by atoms with E-state index in [4.69, 9.17) is 16.3 Å². The summed E-state index contributed by atoms with van der Waals surface area (Å²) < 4.78 is 6.74. The van der Waals surface area contributed by atoms with Crippen molar-refractivity contribution < 1.29 is 4.74 Å². The molecule has 0 amide bonds. The van der Waals surface area contributed by atoms with Gasteiger partial charge in [-0.1, -0.05) is 58.7 Å². The highest BCUT2D eigenvalue weighted by Gasteiger charge is 2.03. The molecule has 0 saturated carbocycles. The van der Waals surface area contributed by atoms with Crippen molar-refractivity contribution in [3.8, 4) is 5.75 Å². The topological polar surface area (TPSA) is 21.3 Å². The minimum atomic E-state index is 0.510. The first-order chi connectivity index (χ1) is 9.69. The Labute approximate surface area is 133 Å². The van der Waals surface area contributed by atoms with Crippen molar-refractivity contribution in [1.82, 2.24) is 5.32 Å². The molecule has 0 aromatic heterocycles. The largest absolute Gasteiger partial charge is 0.487 e. The van der Waals surface area contributed by atoms with Crippen LogP contribution in [-0.4, -0.2) is 6.54 Å². The number of hydrogen-bond donors (Lipinski definition) is 1. The molecule has 0 radical (unpaired) electrons. The molecule has 0 aliphatic carbocycles. The molecule has 2 aromatic carbocycles. The molecule has 2 aromatic rings. The maximum atomic E-state index is 6.11. The van der Waals surface area contributed by atoms with E-state index in [1.807, 2.05) is 24.3 Å². The normalized spacial score (nSPS) is 10.6. The molecular formula is C16H17BrClNO. The summed E-state index contributed by atoms with van der Waals surface area (Å²) in [6, 6.07) is 14.0. The molecule has 0 atom stereocenters. The van der Waals surface area contributed by atoms with Crippen molar-refractivity contribution in [2.75, 3.05) is 6.54 Å². The molecule has 20 heavy (non-hydrogen) atoms. The number of rotatable bonds is 6. The molecule has 0 heterocycles. The van der Waals surface area contributed by atoms with Crippen LogP contribution in [0, 0.1) is 0 Å². The lowest BCUT2D eigenvalue weighted by molar-refractivity contribution is 0.306. The molecule has 106 valence electrons. The van der Waals surface area contributed by atoms with Gasteiger partial charge in [0.25, 0.3) is 0 Å². The number of nitrogens with one attached hydrogen (secondary N) is 1. The molecular weight excluding hydrogens is 338 g/mol. The van der Waals surface area contributed by atoms with Gasteiger partial charge in [0, 0.05) is 11.0 Å². The van der Waals surface area contributed by atoms with Crippen LogP contribution in [0.2, 0.25) is 5.02 Å². The first kappa shape index (κ1) is 15.4. The predicted molar refractivity (Wildman–Crippen MR) is 87.3 cm³/mol. The van der Waals surface area contributed by atoms with Crippen LogP contribution < -0.4 is 10.1 Å². The maximum absolute atomic E-state index is 6.11. The van der Waals surface area contributed by atoms with E-state index < -0.39 is 0 Å². The summed E-state index contributed by atoms with van der Waals surface area (Å²) in [5.74, 6) is 0.693. The second kappa shape index (κ2) is 7.67. The fourth-order valence-electron chi connectivity index (χ4n) is 1.85. The second-order valence-corrected chi connectivity index (χ2v) is 5.79. The Bertz CT molecular complexity index is 574. The molecule has 0 unspecified atom stereocenters. The maximum Gasteiger partial charge on any atom is 0.139 e. The van der Waals surface area contributed by atoms with Crippen molar-refractivity contribution in [3.63, 3.8) is 0 Å². The highest BCUT2D eigenvalue weighted by atomic mass is 79.9. The molecule has 0 saturated heterocycles. The monoisotopic (exact) mass is 353 g/mol. The van der Waals surface area contributed by atoms with Crippen molar-refractivity contribution in [2.45, 2.75) is 20.1 Å². The summed E-state index contributed by atoms with van der Waals surface area (Å²) in [6.07, 6.45) is 0. The van der Waals surface area contributed by atoms with Crippen LogP contribution in [-0.2, 0) is 13.2 Å². The van der Waals surface area contributed by atoms with Crippen LogP contribution in [0.4, 0.5) is 0 Å². The van der Waals surface area contributed by atoms with E-state index in [1.54, 1.807) is 0 Å². The van der Waals surface area contributed by atoms with Gasteiger partial charge < -0.3 is 10.1 Å². The minimum absolute atomic E-state index is 0.510. The second-order valence-electron chi connectivity index (χ2n) is 4.46. The average Bonchev–Trinajstić information content (AvgIpc) is 2.46. The quantitative estimate of drug-likeness (QED) is 0.805. The summed E-state index contributed by atoms with van der Waals surface area (Å²) in [5.41, 5.74) is 2.39. The first-order valence-electron chi connectivity index (χ1n) is 6.55. The summed E-state index contributed by atoms with van der Waals surface area (Å²) in [7, 11) is 0. The number of hydrogen-bond acceptors (Lipinski definition) is 2. The van der Waals surface area contributed by atoms with Crippen molar-refractivity contribution in [3.05, 3.63) is 63.1 Å². The molecule has 0 fully saturated rings. The van der Waals surface area contributed by atoms with Gasteiger partial charge in [0.15, 0.2) is 0 Å². The van der Waals surface area contributed by atoms with Gasteiger partial charge in [-0.05, 0) is 35.9 Å². The molecule has 0 aliphatic rings. The van der Waals surface area contributed by atoms with Gasteiger partial charge in [-0.25, -0.2) is 0 Å². The number of ether oxygens (including phenoxy) is 1. The summed E-state index contributed by atoms with van der Waals surface area (Å²) in [4.78, 5) is 0. The Morgan fingerprint density at radius 3 is 2.75 bits per heavy atom. The third-order valence-electron chi connectivity index (χ3n) is 2.86. The zero-order valence-electron chi connectivity index (χ0n) is 11.3. The predicted octanol–water partition coefficient (Wildman–Crippen LogP) is 4.79. The number of benzene rings is 2. The van der Waals surface area contributed by atoms with Crippen LogP contribution in [0.15, 0.2) is 46.9 Å². The Kier molecular flexibility index (Phi) is 5.89. The fourth-order valence-corrected chi connectivity index (χ4v) is 2.36. The minimum Gasteiger partial charge on any atom is -0.487 e. The zero-order valence-corrected chi connectivity index (χ0v) is 13.7. The fraction of sp³-hybridized carbons (Fsp3) is 0.250. The van der Waals surface area contributed by atoms with Gasteiger partial charge in [-0.3, -0.25) is 0 Å². The standard InChI is InChI=1S/C16H17BrClNO/c1-2-19-10-12-4-3-5-13(8-12)11-20-16-9-14(17)6-7-15(16)18/h3-9,19H,2,10-11H2,1H3. The smallest absolute Gasteiger partial charge is 0.139 e. The van der Waals surface area contributed by atoms with Crippen molar-refractivity contribution in [2.24, 2.45) is 0 Å². The van der Waals surface area contributed by atoms with E-state index >= 15 is 0 Å². The lowest BCUT2D eigenvalue weighted by atomic mass is 10.1. The van der Waals surface area contributed by atoms with E-state index in [1.165, 1.54) is 5.56 Å². The molecule has 4 heteroatoms. The number of halogens is 2. The van der Waals surface area contributed by atoms with Gasteiger partial charge in [0.2, 0.25) is 0 Å². The van der Waals surface area contributed by atoms with Crippen LogP contribution in [0.1, 0.15) is 18.1 Å². The van der Waals surface area contributed by atoms with Crippen LogP contribution in [0.3, 0.4) is 0 Å². The third kappa shape index (κ3) is 4.51. The first-order valence-corrected chi connectivity index (χ1v) is 7.72. The Balaban J connectivity index is 2.01. The highest BCUT2D eigenvalue weighted by Crippen LogP contribution is 2.28. The molecule has 0 bridgehead atoms. The van der Waals surface area contributed by atoms with Crippen LogP contribution >= 0.6 is 27.5 Å².